The molecule has 0 aromatic heterocycles. The molecule has 0 bridgehead atoms. The van der Waals surface area contributed by atoms with Crippen molar-refractivity contribution in [2.75, 3.05) is 19.6 Å². The molecule has 12 rings (SSSR count). The van der Waals surface area contributed by atoms with Crippen LogP contribution in [-0.2, 0) is 0 Å². The van der Waals surface area contributed by atoms with Gasteiger partial charge in [0.25, 0.3) is 0 Å². The zero-order chi connectivity index (χ0) is 54.4. The van der Waals surface area contributed by atoms with Crippen molar-refractivity contribution in [3.63, 3.8) is 0 Å². The number of hydrogen-bond donors (Lipinski definition) is 0. The molecule has 1 aliphatic carbocycles. The zero-order valence-electron chi connectivity index (χ0n) is 45.9. The third-order valence-electron chi connectivity index (χ3n) is 15.1. The van der Waals surface area contributed by atoms with Crippen LogP contribution in [0.3, 0.4) is 0 Å². The van der Waals surface area contributed by atoms with E-state index in [-0.39, 0.29) is 0 Å². The molecule has 0 aliphatic heterocycles. The summed E-state index contributed by atoms with van der Waals surface area (Å²) in [5, 5.41) is 0. The van der Waals surface area contributed by atoms with Crippen LogP contribution in [-0.4, -0.2) is 0 Å². The Labute approximate surface area is 472 Å². The van der Waals surface area contributed by atoms with Gasteiger partial charge in [0.15, 0.2) is 0 Å². The van der Waals surface area contributed by atoms with E-state index < -0.39 is 0 Å². The minimum Gasteiger partial charge on any atom is -0.311 e. The standard InChI is InChI=1S/C76H64N4/c1-55-15-11-23-73(51-55)79(74-24-12-16-56(2)52-74)71-47-35-63(36-48-71)61-31-43-69(44-32-61)77(65-19-7-5-8-20-65)67-39-27-59(28-40-67)60-29-41-68(42-30-60)78(66-21-9-6-10-22-66)70-45-33-62(34-46-70)64-37-49-72(50-38-64)80(75-25-13-17-57(3)53-75)76-26-14-18-58(4)54-76/h5-17,19-54,58H,18H2,1-4H3. The lowest BCUT2D eigenvalue weighted by atomic mass is 9.99. The predicted molar refractivity (Wildman–Crippen MR) is 341 cm³/mol. The quantitative estimate of drug-likeness (QED) is 0.101. The van der Waals surface area contributed by atoms with Crippen molar-refractivity contribution < 1.29 is 0 Å². The van der Waals surface area contributed by atoms with Crippen LogP contribution >= 0.6 is 0 Å². The summed E-state index contributed by atoms with van der Waals surface area (Å²) < 4.78 is 0. The third-order valence-corrected chi connectivity index (χ3v) is 15.1. The van der Waals surface area contributed by atoms with Crippen molar-refractivity contribution in [2.24, 2.45) is 5.92 Å². The number of aryl methyl sites for hydroxylation is 3. The van der Waals surface area contributed by atoms with Gasteiger partial charge in [0.2, 0.25) is 0 Å². The third kappa shape index (κ3) is 11.1. The molecular weight excluding hydrogens is 969 g/mol. The fraction of sp³-hybridized carbons (Fsp3) is 0.0789. The van der Waals surface area contributed by atoms with Gasteiger partial charge in [0.05, 0.1) is 0 Å². The maximum atomic E-state index is 2.38. The predicted octanol–water partition coefficient (Wildman–Crippen LogP) is 21.6. The van der Waals surface area contributed by atoms with Crippen LogP contribution in [0.1, 0.15) is 30.0 Å². The Kier molecular flexibility index (Phi) is 14.6. The van der Waals surface area contributed by atoms with Gasteiger partial charge in [-0.25, -0.2) is 0 Å². The fourth-order valence-corrected chi connectivity index (χ4v) is 11.0. The van der Waals surface area contributed by atoms with Gasteiger partial charge in [-0.1, -0.05) is 165 Å². The molecule has 0 saturated heterocycles. The first kappa shape index (κ1) is 50.9. The Morgan fingerprint density at radius 1 is 0.263 bits per heavy atom. The minimum absolute atomic E-state index is 0.492. The number of rotatable bonds is 15. The van der Waals surface area contributed by atoms with Crippen LogP contribution in [0.2, 0.25) is 0 Å². The molecule has 0 heterocycles. The highest BCUT2D eigenvalue weighted by Gasteiger charge is 2.20. The lowest BCUT2D eigenvalue weighted by molar-refractivity contribution is 0.726. The Hall–Kier alpha value is -9.90. The van der Waals surface area contributed by atoms with Crippen molar-refractivity contribution in [3.8, 4) is 33.4 Å². The summed E-state index contributed by atoms with van der Waals surface area (Å²) in [5.41, 5.74) is 24.2. The SMILES string of the molecule is Cc1cccc(N(C2=CC(C)CC=C2)c2ccc(-c3ccc(N(c4ccccc4)c4ccc(-c5ccc(N(c6ccccc6)c6ccc(-c7ccc(N(c8cccc(C)c8)c8cccc(C)c8)cc7)cc6)cc5)cc4)cc3)cc2)c1. The van der Waals surface area contributed by atoms with Crippen LogP contribution in [0.4, 0.5) is 62.6 Å². The lowest BCUT2D eigenvalue weighted by Gasteiger charge is -2.29. The van der Waals surface area contributed by atoms with Gasteiger partial charge in [0.1, 0.15) is 0 Å². The van der Waals surface area contributed by atoms with E-state index in [4.69, 9.17) is 0 Å². The smallest absolute Gasteiger partial charge is 0.0464 e. The van der Waals surface area contributed by atoms with Crippen molar-refractivity contribution in [3.05, 3.63) is 320 Å². The number of nitrogens with zero attached hydrogens (tertiary/aromatic N) is 4. The van der Waals surface area contributed by atoms with Gasteiger partial charge in [-0.2, -0.15) is 0 Å². The number of hydrogen-bond acceptors (Lipinski definition) is 4. The molecule has 11 aromatic carbocycles. The average molecular weight is 1030 g/mol. The second-order valence-electron chi connectivity index (χ2n) is 21.0. The van der Waals surface area contributed by atoms with Crippen LogP contribution in [0, 0.1) is 26.7 Å². The maximum Gasteiger partial charge on any atom is 0.0464 e. The summed E-state index contributed by atoms with van der Waals surface area (Å²) >= 11 is 0. The van der Waals surface area contributed by atoms with E-state index in [1.165, 1.54) is 44.8 Å². The van der Waals surface area contributed by atoms with Gasteiger partial charge >= 0.3 is 0 Å². The van der Waals surface area contributed by atoms with Gasteiger partial charge in [-0.3, -0.25) is 0 Å². The molecule has 0 spiro atoms. The molecule has 0 amide bonds. The molecule has 4 heteroatoms. The summed E-state index contributed by atoms with van der Waals surface area (Å²) in [4.78, 5) is 9.36. The topological polar surface area (TPSA) is 13.0 Å². The Balaban J connectivity index is 0.772. The second kappa shape index (κ2) is 23.0. The second-order valence-corrected chi connectivity index (χ2v) is 21.0. The maximum absolute atomic E-state index is 2.38. The van der Waals surface area contributed by atoms with Crippen molar-refractivity contribution in [2.45, 2.75) is 34.1 Å². The highest BCUT2D eigenvalue weighted by atomic mass is 15.2. The van der Waals surface area contributed by atoms with Crippen molar-refractivity contribution in [1.29, 1.82) is 0 Å². The van der Waals surface area contributed by atoms with Crippen LogP contribution < -0.4 is 19.6 Å². The summed E-state index contributed by atoms with van der Waals surface area (Å²) in [7, 11) is 0. The molecule has 4 nitrogen and oxygen atoms in total. The highest BCUT2D eigenvalue weighted by molar-refractivity contribution is 5.84. The Morgan fingerprint density at radius 2 is 0.512 bits per heavy atom. The first-order valence-electron chi connectivity index (χ1n) is 27.8. The Bertz CT molecular complexity index is 3880. The number of benzene rings is 11. The first-order valence-corrected chi connectivity index (χ1v) is 27.8. The highest BCUT2D eigenvalue weighted by Crippen LogP contribution is 2.42. The molecule has 1 aliphatic rings. The van der Waals surface area contributed by atoms with Gasteiger partial charge in [-0.15, -0.1) is 0 Å². The normalized spacial score (nSPS) is 12.8. The molecule has 80 heavy (non-hydrogen) atoms. The molecule has 1 atom stereocenters. The van der Waals surface area contributed by atoms with E-state index in [0.29, 0.717) is 5.92 Å². The molecule has 1 unspecified atom stereocenters. The molecule has 11 aromatic rings. The molecule has 0 fully saturated rings. The molecule has 0 saturated carbocycles. The van der Waals surface area contributed by atoms with Gasteiger partial charge in [-0.05, 0) is 223 Å². The number of allylic oxidation sites excluding steroid dienone is 3. The fourth-order valence-electron chi connectivity index (χ4n) is 11.0. The number of anilines is 11. The van der Waals surface area contributed by atoms with Crippen molar-refractivity contribution in [1.82, 2.24) is 0 Å². The van der Waals surface area contributed by atoms with Crippen molar-refractivity contribution >= 4 is 62.6 Å². The zero-order valence-corrected chi connectivity index (χ0v) is 45.9. The van der Waals surface area contributed by atoms with E-state index in [0.717, 1.165) is 80.0 Å². The van der Waals surface area contributed by atoms with Gasteiger partial charge in [0, 0.05) is 68.3 Å². The molecule has 0 radical (unpaired) electrons. The summed E-state index contributed by atoms with van der Waals surface area (Å²) in [5.74, 6) is 0.492. The molecule has 0 N–H and O–H groups in total. The molecule has 388 valence electrons. The number of para-hydroxylation sites is 2. The van der Waals surface area contributed by atoms with E-state index in [1.54, 1.807) is 0 Å². The summed E-state index contributed by atoms with van der Waals surface area (Å²) in [6, 6.07) is 101. The minimum atomic E-state index is 0.492. The monoisotopic (exact) mass is 1030 g/mol. The van der Waals surface area contributed by atoms with E-state index >= 15 is 0 Å². The molecular formula is C76H64N4. The largest absolute Gasteiger partial charge is 0.311 e. The lowest BCUT2D eigenvalue weighted by Crippen LogP contribution is -2.17. The van der Waals surface area contributed by atoms with Gasteiger partial charge < -0.3 is 19.6 Å². The van der Waals surface area contributed by atoms with Crippen LogP contribution in [0.15, 0.2) is 303 Å². The van der Waals surface area contributed by atoms with E-state index in [9.17, 15) is 0 Å². The summed E-state index contributed by atoms with van der Waals surface area (Å²) in [6.45, 7) is 8.74. The first-order chi connectivity index (χ1) is 39.3. The Morgan fingerprint density at radius 3 is 0.800 bits per heavy atom. The average Bonchev–Trinajstić information content (AvgIpc) is 3.50. The van der Waals surface area contributed by atoms with E-state index in [1.807, 2.05) is 0 Å². The van der Waals surface area contributed by atoms with Crippen LogP contribution in [0.25, 0.3) is 33.4 Å². The van der Waals surface area contributed by atoms with E-state index in [2.05, 4.69) is 345 Å². The summed E-state index contributed by atoms with van der Waals surface area (Å²) in [6.07, 6.45) is 8.00. The van der Waals surface area contributed by atoms with Crippen LogP contribution in [0.5, 0.6) is 0 Å².